The third kappa shape index (κ3) is 2.73. The van der Waals surface area contributed by atoms with Crippen molar-refractivity contribution in [2.24, 2.45) is 0 Å². The predicted octanol–water partition coefficient (Wildman–Crippen LogP) is 3.06. The minimum Gasteiger partial charge on any atom is -0.373 e. The van der Waals surface area contributed by atoms with Crippen LogP contribution < -0.4 is 5.32 Å². The molecular weight excluding hydrogens is 238 g/mol. The molecule has 1 unspecified atom stereocenters. The lowest BCUT2D eigenvalue weighted by molar-refractivity contribution is -0.00906. The molecule has 4 nitrogen and oxygen atoms in total. The van der Waals surface area contributed by atoms with E-state index in [1.165, 1.54) is 30.5 Å². The van der Waals surface area contributed by atoms with Crippen LogP contribution in [0.25, 0.3) is 0 Å². The van der Waals surface area contributed by atoms with Gasteiger partial charge in [-0.3, -0.25) is 0 Å². The molecule has 2 rings (SSSR count). The average molecular weight is 263 g/mol. The summed E-state index contributed by atoms with van der Waals surface area (Å²) in [7, 11) is 3.67. The Morgan fingerprint density at radius 3 is 2.58 bits per heavy atom. The Morgan fingerprint density at radius 1 is 1.21 bits per heavy atom. The third-order valence-corrected chi connectivity index (χ3v) is 4.27. The van der Waals surface area contributed by atoms with E-state index in [0.29, 0.717) is 0 Å². The van der Waals surface area contributed by atoms with Crippen LogP contribution in [0.2, 0.25) is 0 Å². The first-order chi connectivity index (χ1) is 9.14. The second-order valence-corrected chi connectivity index (χ2v) is 5.42. The number of nitrogens with zero attached hydrogens (tertiary/aromatic N) is 2. The highest BCUT2D eigenvalue weighted by Gasteiger charge is 2.29. The molecule has 0 fully saturated rings. The van der Waals surface area contributed by atoms with E-state index in [4.69, 9.17) is 14.7 Å². The fraction of sp³-hybridized carbons (Fsp3) is 0.733. The van der Waals surface area contributed by atoms with Gasteiger partial charge in [-0.05, 0) is 39.0 Å². The number of nitrogens with one attached hydrogen (secondary N) is 1. The zero-order valence-electron chi connectivity index (χ0n) is 12.5. The monoisotopic (exact) mass is 263 g/mol. The minimum absolute atomic E-state index is 0.396. The number of methoxy groups -OCH3 is 1. The van der Waals surface area contributed by atoms with E-state index < -0.39 is 5.60 Å². The molecule has 0 bridgehead atoms. The van der Waals surface area contributed by atoms with Crippen molar-refractivity contribution in [2.45, 2.75) is 58.0 Å². The molecule has 1 heterocycles. The van der Waals surface area contributed by atoms with E-state index in [2.05, 4.69) is 19.2 Å². The van der Waals surface area contributed by atoms with Gasteiger partial charge in [-0.1, -0.05) is 13.3 Å². The van der Waals surface area contributed by atoms with Crippen LogP contribution in [0.1, 0.15) is 56.6 Å². The summed E-state index contributed by atoms with van der Waals surface area (Å²) in [5, 5.41) is 3.24. The van der Waals surface area contributed by atoms with Gasteiger partial charge in [-0.25, -0.2) is 9.97 Å². The molecule has 0 aliphatic heterocycles. The molecule has 0 spiro atoms. The van der Waals surface area contributed by atoms with Crippen molar-refractivity contribution in [3.8, 4) is 0 Å². The molecule has 19 heavy (non-hydrogen) atoms. The first-order valence-corrected chi connectivity index (χ1v) is 7.27. The van der Waals surface area contributed by atoms with Crippen molar-refractivity contribution < 1.29 is 4.74 Å². The summed E-state index contributed by atoms with van der Waals surface area (Å²) in [6.45, 7) is 4.17. The standard InChI is InChI=1S/C15H25N3O/c1-5-15(2,19-4)14-17-12-10-8-6-7-9-11(12)13(16-3)18-14/h5-10H2,1-4H3,(H,16,17,18). The Kier molecular flexibility index (Phi) is 4.40. The fourth-order valence-electron chi connectivity index (χ4n) is 2.61. The Balaban J connectivity index is 2.50. The lowest BCUT2D eigenvalue weighted by Gasteiger charge is -2.26. The van der Waals surface area contributed by atoms with Crippen molar-refractivity contribution in [2.75, 3.05) is 19.5 Å². The second kappa shape index (κ2) is 5.87. The molecule has 1 aromatic rings. The van der Waals surface area contributed by atoms with Gasteiger partial charge < -0.3 is 10.1 Å². The van der Waals surface area contributed by atoms with Gasteiger partial charge in [-0.2, -0.15) is 0 Å². The van der Waals surface area contributed by atoms with Crippen LogP contribution in [0.15, 0.2) is 0 Å². The van der Waals surface area contributed by atoms with Gasteiger partial charge in [0.15, 0.2) is 5.82 Å². The predicted molar refractivity (Wildman–Crippen MR) is 77.5 cm³/mol. The minimum atomic E-state index is -0.396. The molecule has 0 amide bonds. The van der Waals surface area contributed by atoms with Crippen LogP contribution in [0.4, 0.5) is 5.82 Å². The van der Waals surface area contributed by atoms with E-state index in [1.807, 2.05) is 7.05 Å². The summed E-state index contributed by atoms with van der Waals surface area (Å²) in [5.74, 6) is 1.79. The number of anilines is 1. The summed E-state index contributed by atoms with van der Waals surface area (Å²) >= 11 is 0. The largest absolute Gasteiger partial charge is 0.373 e. The molecule has 0 radical (unpaired) electrons. The van der Waals surface area contributed by atoms with Gasteiger partial charge in [0, 0.05) is 25.4 Å². The van der Waals surface area contributed by atoms with Gasteiger partial charge in [0.1, 0.15) is 11.4 Å². The Hall–Kier alpha value is -1.16. The van der Waals surface area contributed by atoms with E-state index in [9.17, 15) is 0 Å². The van der Waals surface area contributed by atoms with Crippen LogP contribution in [-0.2, 0) is 23.2 Å². The molecule has 1 atom stereocenters. The highest BCUT2D eigenvalue weighted by Crippen LogP contribution is 2.30. The number of aryl methyl sites for hydroxylation is 1. The molecule has 0 aromatic carbocycles. The number of ether oxygens (including phenoxy) is 1. The van der Waals surface area contributed by atoms with Gasteiger partial charge in [-0.15, -0.1) is 0 Å². The number of fused-ring (bicyclic) bond motifs is 1. The molecule has 1 aliphatic rings. The maximum Gasteiger partial charge on any atom is 0.162 e. The first-order valence-electron chi connectivity index (χ1n) is 7.27. The maximum absolute atomic E-state index is 5.64. The molecule has 1 N–H and O–H groups in total. The lowest BCUT2D eigenvalue weighted by Crippen LogP contribution is -2.27. The Labute approximate surface area is 116 Å². The number of aromatic nitrogens is 2. The average Bonchev–Trinajstić information content (AvgIpc) is 2.70. The van der Waals surface area contributed by atoms with E-state index in [-0.39, 0.29) is 0 Å². The highest BCUT2D eigenvalue weighted by atomic mass is 16.5. The topological polar surface area (TPSA) is 47.0 Å². The molecule has 4 heteroatoms. The summed E-state index contributed by atoms with van der Waals surface area (Å²) < 4.78 is 5.64. The molecule has 1 aliphatic carbocycles. The van der Waals surface area contributed by atoms with Crippen LogP contribution in [0, 0.1) is 0 Å². The first kappa shape index (κ1) is 14.3. The number of rotatable bonds is 4. The third-order valence-electron chi connectivity index (χ3n) is 4.27. The van der Waals surface area contributed by atoms with Crippen LogP contribution in [-0.4, -0.2) is 24.1 Å². The summed E-state index contributed by atoms with van der Waals surface area (Å²) in [6, 6.07) is 0. The second-order valence-electron chi connectivity index (χ2n) is 5.42. The summed E-state index contributed by atoms with van der Waals surface area (Å²) in [6.07, 6.45) is 6.75. The van der Waals surface area contributed by atoms with E-state index >= 15 is 0 Å². The zero-order valence-corrected chi connectivity index (χ0v) is 12.5. The van der Waals surface area contributed by atoms with Gasteiger partial charge in [0.05, 0.1) is 0 Å². The van der Waals surface area contributed by atoms with E-state index in [1.54, 1.807) is 7.11 Å². The Bertz CT molecular complexity index is 441. The van der Waals surface area contributed by atoms with Crippen molar-refractivity contribution in [1.29, 1.82) is 0 Å². The van der Waals surface area contributed by atoms with Gasteiger partial charge >= 0.3 is 0 Å². The lowest BCUT2D eigenvalue weighted by atomic mass is 10.0. The number of hydrogen-bond acceptors (Lipinski definition) is 4. The Morgan fingerprint density at radius 2 is 1.95 bits per heavy atom. The number of hydrogen-bond donors (Lipinski definition) is 1. The normalized spacial score (nSPS) is 18.3. The van der Waals surface area contributed by atoms with Crippen molar-refractivity contribution in [3.05, 3.63) is 17.1 Å². The SMILES string of the molecule is CCC(C)(OC)c1nc2c(c(NC)n1)CCCCC2. The molecule has 0 saturated carbocycles. The van der Waals surface area contributed by atoms with Gasteiger partial charge in [0.25, 0.3) is 0 Å². The maximum atomic E-state index is 5.64. The highest BCUT2D eigenvalue weighted by molar-refractivity contribution is 5.47. The summed E-state index contributed by atoms with van der Waals surface area (Å²) in [5.41, 5.74) is 2.12. The van der Waals surface area contributed by atoms with Gasteiger partial charge in [0.2, 0.25) is 0 Å². The molecule has 0 saturated heterocycles. The molecule has 1 aromatic heterocycles. The van der Waals surface area contributed by atoms with Crippen LogP contribution in [0.3, 0.4) is 0 Å². The van der Waals surface area contributed by atoms with Crippen molar-refractivity contribution >= 4 is 5.82 Å². The van der Waals surface area contributed by atoms with Crippen LogP contribution >= 0.6 is 0 Å². The van der Waals surface area contributed by atoms with E-state index in [0.717, 1.165) is 30.9 Å². The smallest absolute Gasteiger partial charge is 0.162 e. The zero-order chi connectivity index (χ0) is 13.9. The molecular formula is C15H25N3O. The van der Waals surface area contributed by atoms with Crippen molar-refractivity contribution in [3.63, 3.8) is 0 Å². The molecule has 106 valence electrons. The summed E-state index contributed by atoms with van der Waals surface area (Å²) in [4.78, 5) is 9.53. The quantitative estimate of drug-likeness (QED) is 0.848. The van der Waals surface area contributed by atoms with Crippen LogP contribution in [0.5, 0.6) is 0 Å². The van der Waals surface area contributed by atoms with Crippen molar-refractivity contribution in [1.82, 2.24) is 9.97 Å². The fourth-order valence-corrected chi connectivity index (χ4v) is 2.61.